The number of methoxy groups -OCH3 is 1. The number of thiocarbonyl (C=S) groups is 1. The van der Waals surface area contributed by atoms with Crippen molar-refractivity contribution >= 4 is 51.5 Å². The fourth-order valence-electron chi connectivity index (χ4n) is 2.17. The first kappa shape index (κ1) is 23.1. The highest BCUT2D eigenvalue weighted by atomic mass is 127. The number of amides is 1. The van der Waals surface area contributed by atoms with Gasteiger partial charge in [-0.25, -0.2) is 8.78 Å². The van der Waals surface area contributed by atoms with Gasteiger partial charge in [-0.05, 0) is 53.0 Å². The van der Waals surface area contributed by atoms with Crippen molar-refractivity contribution in [2.45, 2.75) is 6.18 Å². The summed E-state index contributed by atoms with van der Waals surface area (Å²) in [6, 6.07) is 3.11. The summed E-state index contributed by atoms with van der Waals surface area (Å²) in [5.41, 5.74) is -3.35. The zero-order chi connectivity index (χ0) is 22.1. The Labute approximate surface area is 177 Å². The maximum Gasteiger partial charge on any atom is 0.418 e. The number of hydrogen-bond donors (Lipinski definition) is 2. The Morgan fingerprint density at radius 2 is 1.62 bits per heavy atom. The van der Waals surface area contributed by atoms with Gasteiger partial charge >= 0.3 is 6.18 Å². The Kier molecular flexibility index (Phi) is 6.93. The van der Waals surface area contributed by atoms with Gasteiger partial charge in [-0.15, -0.1) is 0 Å². The van der Waals surface area contributed by atoms with Crippen LogP contribution in [0.4, 0.5) is 36.4 Å². The fraction of sp³-hybridized carbons (Fsp3) is 0.125. The maximum absolute atomic E-state index is 13.9. The van der Waals surface area contributed by atoms with Crippen LogP contribution in [0.1, 0.15) is 15.9 Å². The van der Waals surface area contributed by atoms with Gasteiger partial charge in [0, 0.05) is 3.57 Å². The molecule has 2 aromatic rings. The molecule has 2 rings (SSSR count). The summed E-state index contributed by atoms with van der Waals surface area (Å²) in [6.45, 7) is 0. The van der Waals surface area contributed by atoms with Crippen LogP contribution in [0.3, 0.4) is 0 Å². The second kappa shape index (κ2) is 8.69. The number of nitrogens with one attached hydrogen (secondary N) is 2. The number of hydrogen-bond acceptors (Lipinski definition) is 3. The number of anilines is 1. The highest BCUT2D eigenvalue weighted by molar-refractivity contribution is 14.1. The van der Waals surface area contributed by atoms with E-state index in [0.717, 1.165) is 19.2 Å². The van der Waals surface area contributed by atoms with Crippen LogP contribution in [-0.2, 0) is 6.18 Å². The van der Waals surface area contributed by atoms with Crippen molar-refractivity contribution < 1.29 is 40.3 Å². The molecule has 0 fully saturated rings. The molecule has 29 heavy (non-hydrogen) atoms. The van der Waals surface area contributed by atoms with Crippen molar-refractivity contribution in [1.82, 2.24) is 5.32 Å². The Hall–Kier alpha value is -2.16. The summed E-state index contributed by atoms with van der Waals surface area (Å²) >= 11 is 6.31. The summed E-state index contributed by atoms with van der Waals surface area (Å²) in [5.74, 6) is -11.2. The summed E-state index contributed by atoms with van der Waals surface area (Å²) in [4.78, 5) is 12.0. The second-order valence-corrected chi connectivity index (χ2v) is 6.91. The van der Waals surface area contributed by atoms with Gasteiger partial charge in [0.25, 0.3) is 5.91 Å². The molecule has 0 atom stereocenters. The molecule has 0 aromatic heterocycles. The van der Waals surface area contributed by atoms with Crippen molar-refractivity contribution in [1.29, 1.82) is 0 Å². The minimum atomic E-state index is -4.77. The second-order valence-electron chi connectivity index (χ2n) is 5.26. The molecule has 0 saturated heterocycles. The standard InChI is InChI=1S/C16H8F7IN2O2S/c1-28-13-11(19)9(17)8(10(18)12(13)20)14(27)26-15(29)25-7-3-2-5(24)4-6(7)16(21,22)23/h2-4H,1H3,(H2,25,26,27,29). The summed E-state index contributed by atoms with van der Waals surface area (Å²) in [7, 11) is 0.748. The van der Waals surface area contributed by atoms with Crippen LogP contribution >= 0.6 is 34.8 Å². The Morgan fingerprint density at radius 3 is 2.10 bits per heavy atom. The molecule has 0 aliphatic heterocycles. The van der Waals surface area contributed by atoms with E-state index in [0.29, 0.717) is 0 Å². The number of carbonyl (C=O) groups is 1. The van der Waals surface area contributed by atoms with Crippen LogP contribution in [-0.4, -0.2) is 18.1 Å². The molecule has 0 bridgehead atoms. The number of carbonyl (C=O) groups excluding carboxylic acids is 1. The van der Waals surface area contributed by atoms with Crippen LogP contribution in [0, 0.1) is 26.8 Å². The zero-order valence-electron chi connectivity index (χ0n) is 14.0. The van der Waals surface area contributed by atoms with E-state index in [1.807, 2.05) is 0 Å². The quantitative estimate of drug-likeness (QED) is 0.244. The lowest BCUT2D eigenvalue weighted by molar-refractivity contribution is -0.137. The topological polar surface area (TPSA) is 50.4 Å². The average Bonchev–Trinajstić information content (AvgIpc) is 2.61. The molecule has 2 N–H and O–H groups in total. The van der Waals surface area contributed by atoms with E-state index in [4.69, 9.17) is 0 Å². The van der Waals surface area contributed by atoms with Gasteiger partial charge in [0.1, 0.15) is 5.56 Å². The molecule has 0 radical (unpaired) electrons. The van der Waals surface area contributed by atoms with Crippen LogP contribution in [0.15, 0.2) is 18.2 Å². The normalized spacial score (nSPS) is 11.2. The van der Waals surface area contributed by atoms with Gasteiger partial charge in [-0.3, -0.25) is 10.1 Å². The first-order valence-corrected chi connectivity index (χ1v) is 8.76. The fourth-order valence-corrected chi connectivity index (χ4v) is 2.86. The highest BCUT2D eigenvalue weighted by Gasteiger charge is 2.34. The number of alkyl halides is 3. The molecule has 0 spiro atoms. The van der Waals surface area contributed by atoms with Crippen molar-refractivity contribution in [3.8, 4) is 5.75 Å². The predicted molar refractivity (Wildman–Crippen MR) is 101 cm³/mol. The van der Waals surface area contributed by atoms with Crippen LogP contribution in [0.2, 0.25) is 0 Å². The van der Waals surface area contributed by atoms with E-state index in [1.54, 1.807) is 27.9 Å². The van der Waals surface area contributed by atoms with Crippen LogP contribution in [0.5, 0.6) is 5.75 Å². The van der Waals surface area contributed by atoms with Gasteiger partial charge < -0.3 is 10.1 Å². The van der Waals surface area contributed by atoms with E-state index < -0.39 is 63.0 Å². The molecule has 13 heteroatoms. The van der Waals surface area contributed by atoms with Gasteiger partial charge in [0.2, 0.25) is 11.6 Å². The number of ether oxygens (including phenoxy) is 1. The molecule has 0 aliphatic carbocycles. The van der Waals surface area contributed by atoms with E-state index in [2.05, 4.69) is 22.3 Å². The number of rotatable bonds is 3. The average molecular weight is 552 g/mol. The smallest absolute Gasteiger partial charge is 0.418 e. The van der Waals surface area contributed by atoms with Crippen LogP contribution in [0.25, 0.3) is 0 Å². The molecule has 0 saturated carbocycles. The SMILES string of the molecule is COc1c(F)c(F)c(C(=O)NC(=S)Nc2ccc(I)cc2C(F)(F)F)c(F)c1F. The monoisotopic (exact) mass is 552 g/mol. The highest BCUT2D eigenvalue weighted by Crippen LogP contribution is 2.36. The minimum absolute atomic E-state index is 0.253. The van der Waals surface area contributed by atoms with Crippen molar-refractivity contribution in [2.75, 3.05) is 12.4 Å². The molecule has 4 nitrogen and oxygen atoms in total. The molecule has 1 amide bonds. The van der Waals surface area contributed by atoms with E-state index in [-0.39, 0.29) is 3.57 Å². The third-order valence-corrected chi connectivity index (χ3v) is 4.29. The molecular weight excluding hydrogens is 544 g/mol. The molecule has 0 heterocycles. The van der Waals surface area contributed by atoms with Crippen molar-refractivity contribution in [2.24, 2.45) is 0 Å². The first-order chi connectivity index (χ1) is 13.4. The Morgan fingerprint density at radius 1 is 1.07 bits per heavy atom. The summed E-state index contributed by atoms with van der Waals surface area (Å²) in [6.07, 6.45) is -4.77. The molecule has 0 aliphatic rings. The lowest BCUT2D eigenvalue weighted by atomic mass is 10.1. The largest absolute Gasteiger partial charge is 0.491 e. The van der Waals surface area contributed by atoms with Gasteiger partial charge in [0.05, 0.1) is 18.4 Å². The van der Waals surface area contributed by atoms with E-state index >= 15 is 0 Å². The third kappa shape index (κ3) is 4.88. The van der Waals surface area contributed by atoms with Crippen molar-refractivity contribution in [3.63, 3.8) is 0 Å². The summed E-state index contributed by atoms with van der Waals surface area (Å²) in [5, 5.41) is 2.93. The van der Waals surface area contributed by atoms with E-state index in [9.17, 15) is 35.5 Å². The zero-order valence-corrected chi connectivity index (χ0v) is 17.0. The van der Waals surface area contributed by atoms with Gasteiger partial charge in [0.15, 0.2) is 22.5 Å². The Balaban J connectivity index is 2.31. The molecular formula is C16H8F7IN2O2S. The lowest BCUT2D eigenvalue weighted by Gasteiger charge is -2.16. The molecule has 0 unspecified atom stereocenters. The van der Waals surface area contributed by atoms with Crippen LogP contribution < -0.4 is 15.4 Å². The summed E-state index contributed by atoms with van der Waals surface area (Å²) < 4.78 is 99.1. The lowest BCUT2D eigenvalue weighted by Crippen LogP contribution is -2.36. The van der Waals surface area contributed by atoms with Gasteiger partial charge in [-0.2, -0.15) is 22.0 Å². The third-order valence-electron chi connectivity index (χ3n) is 3.42. The van der Waals surface area contributed by atoms with E-state index in [1.165, 1.54) is 6.07 Å². The first-order valence-electron chi connectivity index (χ1n) is 7.27. The molecule has 156 valence electrons. The Bertz CT molecular complexity index is 969. The van der Waals surface area contributed by atoms with Gasteiger partial charge in [-0.1, -0.05) is 0 Å². The van der Waals surface area contributed by atoms with Crippen molar-refractivity contribution in [3.05, 3.63) is 56.2 Å². The predicted octanol–water partition coefficient (Wildman–Crippen LogP) is 5.00. The molecule has 2 aromatic carbocycles. The number of halogens is 8. The maximum atomic E-state index is 13.9. The minimum Gasteiger partial charge on any atom is -0.491 e. The number of benzene rings is 2.